The average Bonchev–Trinajstić information content (AvgIpc) is 3.27. The van der Waals surface area contributed by atoms with Crippen molar-refractivity contribution < 1.29 is 28.7 Å². The molecule has 3 heterocycles. The van der Waals surface area contributed by atoms with E-state index in [1.807, 2.05) is 6.92 Å². The summed E-state index contributed by atoms with van der Waals surface area (Å²) in [4.78, 5) is 40.4. The molecule has 32 heavy (non-hydrogen) atoms. The lowest BCUT2D eigenvalue weighted by Crippen LogP contribution is -2.63. The van der Waals surface area contributed by atoms with E-state index in [1.165, 1.54) is 11.0 Å². The molecule has 0 aromatic rings. The van der Waals surface area contributed by atoms with Gasteiger partial charge in [-0.2, -0.15) is 0 Å². The van der Waals surface area contributed by atoms with Crippen molar-refractivity contribution >= 4 is 26.3 Å². The van der Waals surface area contributed by atoms with Gasteiger partial charge < -0.3 is 24.1 Å². The second-order valence-electron chi connectivity index (χ2n) is 10.6. The number of carboxylic acids is 1. The van der Waals surface area contributed by atoms with Gasteiger partial charge in [0.1, 0.15) is 12.3 Å². The maximum absolute atomic E-state index is 13.1. The van der Waals surface area contributed by atoms with E-state index < -0.39 is 20.4 Å². The molecule has 0 aromatic heterocycles. The second kappa shape index (κ2) is 8.66. The van der Waals surface area contributed by atoms with E-state index in [2.05, 4.69) is 40.4 Å². The number of hydrogen-bond acceptors (Lipinski definition) is 5. The summed E-state index contributed by atoms with van der Waals surface area (Å²) < 4.78 is 11.6. The van der Waals surface area contributed by atoms with Crippen molar-refractivity contribution in [1.29, 1.82) is 0 Å². The number of likely N-dealkylation sites (tertiary alicyclic amines) is 1. The minimum Gasteiger partial charge on any atom is -0.477 e. The molecule has 3 aliphatic heterocycles. The largest absolute Gasteiger partial charge is 0.477 e. The Balaban J connectivity index is 1.74. The number of ether oxygens (including phenoxy) is 1. The number of carboxylic acid groups (broad SMARTS) is 1. The molecule has 0 aliphatic carbocycles. The fraction of sp³-hybridized carbons (Fsp3) is 0.696. The second-order valence-corrected chi connectivity index (χ2v) is 15.3. The number of carbonyl (C=O) groups is 3. The van der Waals surface area contributed by atoms with Crippen LogP contribution in [0.5, 0.6) is 0 Å². The molecule has 3 aliphatic rings. The van der Waals surface area contributed by atoms with Gasteiger partial charge in [0, 0.05) is 19.0 Å². The minimum atomic E-state index is -2.07. The van der Waals surface area contributed by atoms with E-state index in [-0.39, 0.29) is 47.2 Å². The summed E-state index contributed by atoms with van der Waals surface area (Å²) in [6.07, 6.45) is 2.00. The third-order valence-corrected chi connectivity index (χ3v) is 12.1. The zero-order valence-corrected chi connectivity index (χ0v) is 21.0. The van der Waals surface area contributed by atoms with Crippen LogP contribution in [0.3, 0.4) is 0 Å². The molecule has 178 valence electrons. The topological polar surface area (TPSA) is 96.4 Å². The molecule has 0 radical (unpaired) electrons. The van der Waals surface area contributed by atoms with E-state index >= 15 is 0 Å². The summed E-state index contributed by atoms with van der Waals surface area (Å²) in [6, 6.07) is -0.190. The van der Waals surface area contributed by atoms with Gasteiger partial charge in [-0.25, -0.2) is 9.59 Å². The van der Waals surface area contributed by atoms with Gasteiger partial charge >= 0.3 is 12.1 Å². The zero-order valence-electron chi connectivity index (χ0n) is 20.0. The lowest BCUT2D eigenvalue weighted by atomic mass is 9.82. The van der Waals surface area contributed by atoms with Gasteiger partial charge in [-0.05, 0) is 43.5 Å². The Morgan fingerprint density at radius 2 is 2.00 bits per heavy atom. The highest BCUT2D eigenvalue weighted by Gasteiger charge is 2.59. The van der Waals surface area contributed by atoms with Gasteiger partial charge in [0.15, 0.2) is 8.32 Å². The molecule has 0 unspecified atom stereocenters. The SMILES string of the molecule is C=CCOC(=O)N1CC[C@@H](C2=C(C(=O)O)N3C(=O)[C@H]([C@@H](C)O[Si](C)(C)C(C)(C)C)[C@H]3C2)C1. The number of hydrogen-bond donors (Lipinski definition) is 1. The maximum atomic E-state index is 13.1. The van der Waals surface area contributed by atoms with Crippen LogP contribution in [-0.2, 0) is 18.8 Å². The number of aliphatic carboxylic acids is 1. The Morgan fingerprint density at radius 1 is 1.34 bits per heavy atom. The number of nitrogens with zero attached hydrogens (tertiary/aromatic N) is 2. The van der Waals surface area contributed by atoms with Gasteiger partial charge in [-0.1, -0.05) is 33.4 Å². The lowest BCUT2D eigenvalue weighted by molar-refractivity contribution is -0.160. The van der Waals surface area contributed by atoms with Crippen molar-refractivity contribution in [2.75, 3.05) is 19.7 Å². The fourth-order valence-electron chi connectivity index (χ4n) is 4.80. The smallest absolute Gasteiger partial charge is 0.410 e. The maximum Gasteiger partial charge on any atom is 0.410 e. The highest BCUT2D eigenvalue weighted by Crippen LogP contribution is 2.49. The van der Waals surface area contributed by atoms with Crippen LogP contribution in [0.1, 0.15) is 40.5 Å². The molecule has 4 atom stereocenters. The van der Waals surface area contributed by atoms with Crippen molar-refractivity contribution in [1.82, 2.24) is 9.80 Å². The normalized spacial score (nSPS) is 26.7. The standard InChI is InChI=1S/C23H36N2O6Si/c1-8-11-30-22(29)24-10-9-15(13-24)16-12-17-18(20(26)25(17)19(16)21(27)28)14(2)31-32(6,7)23(3,4)5/h8,14-15,17-18H,1,9-13H2,2-7H3,(H,27,28)/t14-,15-,17-,18-/m1/s1. The third kappa shape index (κ3) is 4.24. The molecule has 1 N–H and O–H groups in total. The van der Waals surface area contributed by atoms with Gasteiger partial charge in [0.25, 0.3) is 0 Å². The van der Waals surface area contributed by atoms with Crippen LogP contribution in [0, 0.1) is 11.8 Å². The summed E-state index contributed by atoms with van der Waals surface area (Å²) in [5.74, 6) is -1.69. The molecule has 8 nitrogen and oxygen atoms in total. The van der Waals surface area contributed by atoms with E-state index in [0.29, 0.717) is 25.9 Å². The first-order chi connectivity index (χ1) is 14.8. The molecule has 2 fully saturated rings. The Bertz CT molecular complexity index is 846. The van der Waals surface area contributed by atoms with Crippen LogP contribution < -0.4 is 0 Å². The highest BCUT2D eigenvalue weighted by atomic mass is 28.4. The predicted molar refractivity (Wildman–Crippen MR) is 122 cm³/mol. The highest BCUT2D eigenvalue weighted by molar-refractivity contribution is 6.74. The Labute approximate surface area is 191 Å². The molecular formula is C23H36N2O6Si. The van der Waals surface area contributed by atoms with E-state index in [4.69, 9.17) is 9.16 Å². The molecule has 0 saturated carbocycles. The third-order valence-electron chi connectivity index (χ3n) is 7.50. The van der Waals surface area contributed by atoms with Crippen LogP contribution in [-0.4, -0.2) is 73.0 Å². The zero-order chi connectivity index (χ0) is 24.0. The molecule has 0 spiro atoms. The summed E-state index contributed by atoms with van der Waals surface area (Å²) in [5, 5.41) is 9.92. The van der Waals surface area contributed by atoms with Crippen LogP contribution >= 0.6 is 0 Å². The average molecular weight is 465 g/mol. The molecule has 2 saturated heterocycles. The quantitative estimate of drug-likeness (QED) is 0.351. The summed E-state index contributed by atoms with van der Waals surface area (Å²) in [6.45, 7) is 17.3. The van der Waals surface area contributed by atoms with Gasteiger partial charge in [-0.15, -0.1) is 0 Å². The van der Waals surface area contributed by atoms with Crippen molar-refractivity contribution in [3.63, 3.8) is 0 Å². The van der Waals surface area contributed by atoms with Gasteiger partial charge in [0.05, 0.1) is 18.1 Å². The van der Waals surface area contributed by atoms with Gasteiger partial charge in [0.2, 0.25) is 5.91 Å². The first-order valence-corrected chi connectivity index (χ1v) is 14.2. The van der Waals surface area contributed by atoms with Crippen LogP contribution in [0.2, 0.25) is 18.1 Å². The number of fused-ring (bicyclic) bond motifs is 1. The van der Waals surface area contributed by atoms with Crippen molar-refractivity contribution in [2.45, 2.75) is 70.8 Å². The molecule has 9 heteroatoms. The molecular weight excluding hydrogens is 428 g/mol. The summed E-state index contributed by atoms with van der Waals surface area (Å²) in [5.41, 5.74) is 0.860. The number of β-lactam (4-membered cyclic amide) rings is 1. The van der Waals surface area contributed by atoms with Crippen molar-refractivity contribution in [2.24, 2.45) is 11.8 Å². The van der Waals surface area contributed by atoms with Crippen molar-refractivity contribution in [3.05, 3.63) is 23.9 Å². The minimum absolute atomic E-state index is 0.0204. The molecule has 0 aromatic carbocycles. The van der Waals surface area contributed by atoms with Crippen LogP contribution in [0.4, 0.5) is 4.79 Å². The number of carbonyl (C=O) groups excluding carboxylic acids is 2. The molecule has 0 bridgehead atoms. The Hall–Kier alpha value is -2.13. The predicted octanol–water partition coefficient (Wildman–Crippen LogP) is 3.61. The fourth-order valence-corrected chi connectivity index (χ4v) is 6.23. The molecule has 3 rings (SSSR count). The summed E-state index contributed by atoms with van der Waals surface area (Å²) >= 11 is 0. The van der Waals surface area contributed by atoms with E-state index in [0.717, 1.165) is 5.57 Å². The van der Waals surface area contributed by atoms with Gasteiger partial charge in [-0.3, -0.25) is 4.79 Å². The lowest BCUT2D eigenvalue weighted by Gasteiger charge is -2.48. The first-order valence-electron chi connectivity index (χ1n) is 11.3. The molecule has 2 amide bonds. The monoisotopic (exact) mass is 464 g/mol. The summed E-state index contributed by atoms with van der Waals surface area (Å²) in [7, 11) is -2.07. The van der Waals surface area contributed by atoms with E-state index in [9.17, 15) is 19.5 Å². The number of amides is 2. The Morgan fingerprint density at radius 3 is 2.56 bits per heavy atom. The van der Waals surface area contributed by atoms with Crippen LogP contribution in [0.25, 0.3) is 0 Å². The number of rotatable bonds is 7. The Kier molecular flexibility index (Phi) is 6.64. The van der Waals surface area contributed by atoms with Crippen molar-refractivity contribution in [3.8, 4) is 0 Å². The van der Waals surface area contributed by atoms with E-state index in [1.54, 1.807) is 4.90 Å². The van der Waals surface area contributed by atoms with Crippen LogP contribution in [0.15, 0.2) is 23.9 Å². The first kappa shape index (κ1) is 24.5.